The smallest absolute Gasteiger partial charge is 0.115 e. The molecule has 2 aromatic rings. The van der Waals surface area contributed by atoms with E-state index in [2.05, 4.69) is 56.1 Å². The van der Waals surface area contributed by atoms with Gasteiger partial charge in [0.15, 0.2) is 0 Å². The van der Waals surface area contributed by atoms with E-state index in [1.54, 1.807) is 0 Å². The summed E-state index contributed by atoms with van der Waals surface area (Å²) in [5.41, 5.74) is 6.96. The summed E-state index contributed by atoms with van der Waals surface area (Å²) in [5, 5.41) is 4.35. The molecule has 0 saturated heterocycles. The average Bonchev–Trinajstić information content (AvgIpc) is 2.56. The van der Waals surface area contributed by atoms with Crippen LogP contribution in [0.1, 0.15) is 35.6 Å². The summed E-state index contributed by atoms with van der Waals surface area (Å²) < 4.78 is 0. The Hall–Kier alpha value is -1.58. The SMILES string of the molecule is CCC1CN(C(=S)c2cc(C)ccc2Cl)c2cc(C)c(C)cc2N1. The van der Waals surface area contributed by atoms with Gasteiger partial charge in [-0.1, -0.05) is 42.4 Å². The molecule has 24 heavy (non-hydrogen) atoms. The van der Waals surface area contributed by atoms with Crippen LogP contribution in [0.4, 0.5) is 11.4 Å². The van der Waals surface area contributed by atoms with E-state index in [9.17, 15) is 0 Å². The summed E-state index contributed by atoms with van der Waals surface area (Å²) in [4.78, 5) is 3.04. The van der Waals surface area contributed by atoms with Gasteiger partial charge in [0.05, 0.1) is 16.4 Å². The fraction of sp³-hybridized carbons (Fsp3) is 0.350. The number of fused-ring (bicyclic) bond motifs is 1. The van der Waals surface area contributed by atoms with Crippen LogP contribution in [0.25, 0.3) is 0 Å². The molecule has 1 N–H and O–H groups in total. The van der Waals surface area contributed by atoms with E-state index in [1.807, 2.05) is 12.1 Å². The van der Waals surface area contributed by atoms with Crippen molar-refractivity contribution in [3.8, 4) is 0 Å². The molecule has 0 aliphatic carbocycles. The second-order valence-corrected chi connectivity index (χ2v) is 7.40. The molecule has 1 heterocycles. The monoisotopic (exact) mass is 358 g/mol. The van der Waals surface area contributed by atoms with Gasteiger partial charge in [0, 0.05) is 18.2 Å². The molecular formula is C20H23ClN2S. The van der Waals surface area contributed by atoms with Gasteiger partial charge in [-0.15, -0.1) is 0 Å². The lowest BCUT2D eigenvalue weighted by atomic mass is 10.0. The Labute approximate surface area is 154 Å². The normalized spacial score (nSPS) is 16.5. The highest BCUT2D eigenvalue weighted by atomic mass is 35.5. The van der Waals surface area contributed by atoms with E-state index in [-0.39, 0.29) is 0 Å². The molecule has 0 spiro atoms. The summed E-state index contributed by atoms with van der Waals surface area (Å²) >= 11 is 12.3. The van der Waals surface area contributed by atoms with E-state index in [4.69, 9.17) is 23.8 Å². The van der Waals surface area contributed by atoms with Gasteiger partial charge < -0.3 is 10.2 Å². The van der Waals surface area contributed by atoms with Crippen LogP contribution in [-0.4, -0.2) is 17.6 Å². The minimum absolute atomic E-state index is 0.376. The number of anilines is 2. The molecule has 0 fully saturated rings. The maximum absolute atomic E-state index is 6.43. The van der Waals surface area contributed by atoms with Crippen LogP contribution in [0.15, 0.2) is 30.3 Å². The van der Waals surface area contributed by atoms with Crippen LogP contribution in [0.2, 0.25) is 5.02 Å². The summed E-state index contributed by atoms with van der Waals surface area (Å²) in [5.74, 6) is 0. The van der Waals surface area contributed by atoms with Crippen molar-refractivity contribution in [3.63, 3.8) is 0 Å². The van der Waals surface area contributed by atoms with Crippen LogP contribution in [0.3, 0.4) is 0 Å². The molecule has 0 amide bonds. The Bertz CT molecular complexity index is 800. The quantitative estimate of drug-likeness (QED) is 0.698. The van der Waals surface area contributed by atoms with E-state index >= 15 is 0 Å². The number of rotatable bonds is 2. The summed E-state index contributed by atoms with van der Waals surface area (Å²) in [6.45, 7) is 9.41. The molecule has 1 atom stereocenters. The Morgan fingerprint density at radius 2 is 1.92 bits per heavy atom. The number of halogens is 1. The third-order valence-electron chi connectivity index (χ3n) is 4.76. The van der Waals surface area contributed by atoms with Gasteiger partial charge in [0.25, 0.3) is 0 Å². The molecule has 0 aromatic heterocycles. The van der Waals surface area contributed by atoms with Crippen LogP contribution >= 0.6 is 23.8 Å². The van der Waals surface area contributed by atoms with Gasteiger partial charge in [-0.2, -0.15) is 0 Å². The predicted octanol–water partition coefficient (Wildman–Crippen LogP) is 5.65. The van der Waals surface area contributed by atoms with Crippen molar-refractivity contribution in [3.05, 3.63) is 57.6 Å². The van der Waals surface area contributed by atoms with Gasteiger partial charge in [0.1, 0.15) is 4.99 Å². The number of nitrogens with one attached hydrogen (secondary N) is 1. The number of hydrogen-bond acceptors (Lipinski definition) is 2. The van der Waals surface area contributed by atoms with Gasteiger partial charge in [-0.3, -0.25) is 0 Å². The summed E-state index contributed by atoms with van der Waals surface area (Å²) in [6.07, 6.45) is 1.05. The van der Waals surface area contributed by atoms with Crippen LogP contribution < -0.4 is 10.2 Å². The second kappa shape index (κ2) is 6.73. The highest BCUT2D eigenvalue weighted by Gasteiger charge is 2.27. The molecule has 1 unspecified atom stereocenters. The number of nitrogens with zero attached hydrogens (tertiary/aromatic N) is 1. The van der Waals surface area contributed by atoms with Gasteiger partial charge in [-0.25, -0.2) is 0 Å². The Balaban J connectivity index is 2.08. The molecular weight excluding hydrogens is 336 g/mol. The van der Waals surface area contributed by atoms with Crippen molar-refractivity contribution in [2.75, 3.05) is 16.8 Å². The Kier molecular flexibility index (Phi) is 4.84. The molecule has 1 aliphatic rings. The molecule has 1 aliphatic heterocycles. The zero-order chi connectivity index (χ0) is 17.4. The number of thiocarbonyl (C=S) groups is 1. The van der Waals surface area contributed by atoms with Crippen LogP contribution in [0.5, 0.6) is 0 Å². The first kappa shape index (κ1) is 17.2. The van der Waals surface area contributed by atoms with Crippen molar-refractivity contribution in [2.45, 2.75) is 40.2 Å². The molecule has 0 bridgehead atoms. The van der Waals surface area contributed by atoms with Crippen molar-refractivity contribution in [2.24, 2.45) is 0 Å². The lowest BCUT2D eigenvalue weighted by molar-refractivity contribution is 0.684. The molecule has 126 valence electrons. The van der Waals surface area contributed by atoms with Crippen LogP contribution in [-0.2, 0) is 0 Å². The molecule has 2 nitrogen and oxygen atoms in total. The minimum atomic E-state index is 0.376. The highest BCUT2D eigenvalue weighted by molar-refractivity contribution is 7.81. The third-order valence-corrected chi connectivity index (χ3v) is 5.53. The summed E-state index contributed by atoms with van der Waals surface area (Å²) in [7, 11) is 0. The zero-order valence-electron chi connectivity index (χ0n) is 14.6. The third kappa shape index (κ3) is 3.15. The number of hydrogen-bond donors (Lipinski definition) is 1. The van der Waals surface area contributed by atoms with Crippen molar-refractivity contribution in [1.82, 2.24) is 0 Å². The number of benzene rings is 2. The molecule has 4 heteroatoms. The first-order valence-electron chi connectivity index (χ1n) is 8.36. The molecule has 0 radical (unpaired) electrons. The second-order valence-electron chi connectivity index (χ2n) is 6.60. The average molecular weight is 359 g/mol. The topological polar surface area (TPSA) is 15.3 Å². The first-order chi connectivity index (χ1) is 11.4. The largest absolute Gasteiger partial charge is 0.379 e. The van der Waals surface area contributed by atoms with E-state index in [0.717, 1.165) is 34.9 Å². The van der Waals surface area contributed by atoms with Gasteiger partial charge >= 0.3 is 0 Å². The first-order valence-corrected chi connectivity index (χ1v) is 9.15. The molecule has 0 saturated carbocycles. The lowest BCUT2D eigenvalue weighted by Gasteiger charge is -2.38. The van der Waals surface area contributed by atoms with Crippen molar-refractivity contribution >= 4 is 40.2 Å². The zero-order valence-corrected chi connectivity index (χ0v) is 16.2. The highest BCUT2D eigenvalue weighted by Crippen LogP contribution is 2.36. The Morgan fingerprint density at radius 3 is 2.62 bits per heavy atom. The Morgan fingerprint density at radius 1 is 1.21 bits per heavy atom. The van der Waals surface area contributed by atoms with Gasteiger partial charge in [-0.05, 0) is 62.6 Å². The lowest BCUT2D eigenvalue weighted by Crippen LogP contribution is -2.44. The predicted molar refractivity (Wildman–Crippen MR) is 109 cm³/mol. The van der Waals surface area contributed by atoms with E-state index < -0.39 is 0 Å². The maximum atomic E-state index is 6.43. The number of aryl methyl sites for hydroxylation is 3. The maximum Gasteiger partial charge on any atom is 0.115 e. The summed E-state index contributed by atoms with van der Waals surface area (Å²) in [6, 6.07) is 10.8. The minimum Gasteiger partial charge on any atom is -0.379 e. The van der Waals surface area contributed by atoms with Crippen molar-refractivity contribution < 1.29 is 0 Å². The van der Waals surface area contributed by atoms with Crippen LogP contribution in [0, 0.1) is 20.8 Å². The fourth-order valence-corrected chi connectivity index (χ4v) is 3.70. The fourth-order valence-electron chi connectivity index (χ4n) is 3.10. The molecule has 2 aromatic carbocycles. The van der Waals surface area contributed by atoms with E-state index in [1.165, 1.54) is 16.7 Å². The molecule has 3 rings (SSSR count). The van der Waals surface area contributed by atoms with Crippen molar-refractivity contribution in [1.29, 1.82) is 0 Å². The standard InChI is InChI=1S/C20H23ClN2S/c1-5-15-11-23(19-10-14(4)13(3)9-18(19)22-15)20(24)16-8-12(2)6-7-17(16)21/h6-10,15,22H,5,11H2,1-4H3. The van der Waals surface area contributed by atoms with E-state index in [0.29, 0.717) is 11.1 Å². The van der Waals surface area contributed by atoms with Gasteiger partial charge in [0.2, 0.25) is 0 Å².